The largest absolute Gasteiger partial charge is 0.379 e. The Labute approximate surface area is 175 Å². The zero-order valence-electron chi connectivity index (χ0n) is 16.5. The van der Waals surface area contributed by atoms with Crippen LogP contribution in [0.3, 0.4) is 0 Å². The third-order valence-corrected chi connectivity index (χ3v) is 7.25. The van der Waals surface area contributed by atoms with Gasteiger partial charge in [0.1, 0.15) is 5.82 Å². The number of benzene rings is 2. The van der Waals surface area contributed by atoms with Crippen molar-refractivity contribution in [2.24, 2.45) is 0 Å². The van der Waals surface area contributed by atoms with Gasteiger partial charge in [0.15, 0.2) is 0 Å². The number of anilines is 2. The maximum Gasteiger partial charge on any atom is 0.243 e. The highest BCUT2D eigenvalue weighted by atomic mass is 32.2. The summed E-state index contributed by atoms with van der Waals surface area (Å²) in [4.78, 5) is 14.6. The van der Waals surface area contributed by atoms with Crippen LogP contribution in [-0.4, -0.2) is 58.0 Å². The van der Waals surface area contributed by atoms with Crippen molar-refractivity contribution in [1.29, 1.82) is 0 Å². The zero-order chi connectivity index (χ0) is 21.1. The van der Waals surface area contributed by atoms with Gasteiger partial charge in [-0.1, -0.05) is 0 Å². The molecule has 160 valence electrons. The predicted octanol–water partition coefficient (Wildman–Crippen LogP) is 2.24. The standard InChI is InChI=1S/C21H24FN3O4S/c22-17-3-8-20-16(14-17)2-1-9-24(20)15-21(26)23-18-4-6-19(7-5-18)30(27,28)25-10-12-29-13-11-25/h3-8,14H,1-2,9-13,15H2,(H,23,26). The maximum atomic E-state index is 13.5. The van der Waals surface area contributed by atoms with Gasteiger partial charge in [-0.3, -0.25) is 4.79 Å². The average Bonchev–Trinajstić information content (AvgIpc) is 2.74. The van der Waals surface area contributed by atoms with Crippen LogP contribution in [0.2, 0.25) is 0 Å². The molecule has 0 radical (unpaired) electrons. The van der Waals surface area contributed by atoms with E-state index >= 15 is 0 Å². The molecule has 0 spiro atoms. The Balaban J connectivity index is 1.40. The summed E-state index contributed by atoms with van der Waals surface area (Å²) in [6.45, 7) is 2.32. The number of carbonyl (C=O) groups is 1. The van der Waals surface area contributed by atoms with Gasteiger partial charge < -0.3 is 15.0 Å². The third kappa shape index (κ3) is 4.48. The number of hydrogen-bond acceptors (Lipinski definition) is 5. The molecular weight excluding hydrogens is 409 g/mol. The van der Waals surface area contributed by atoms with Crippen molar-refractivity contribution in [3.63, 3.8) is 0 Å². The number of ether oxygens (including phenoxy) is 1. The van der Waals surface area contributed by atoms with Crippen LogP contribution in [-0.2, 0) is 26.0 Å². The number of fused-ring (bicyclic) bond motifs is 1. The number of rotatable bonds is 5. The molecule has 2 aliphatic rings. The Bertz CT molecular complexity index is 1020. The third-order valence-electron chi connectivity index (χ3n) is 5.34. The van der Waals surface area contributed by atoms with Crippen LogP contribution in [0.1, 0.15) is 12.0 Å². The van der Waals surface area contributed by atoms with E-state index in [9.17, 15) is 17.6 Å². The minimum atomic E-state index is -3.57. The van der Waals surface area contributed by atoms with Crippen LogP contribution >= 0.6 is 0 Å². The molecule has 0 atom stereocenters. The number of sulfonamides is 1. The van der Waals surface area contributed by atoms with E-state index in [0.29, 0.717) is 32.0 Å². The first-order valence-corrected chi connectivity index (χ1v) is 11.4. The molecule has 2 aliphatic heterocycles. The van der Waals surface area contributed by atoms with Crippen molar-refractivity contribution in [1.82, 2.24) is 4.31 Å². The van der Waals surface area contributed by atoms with E-state index in [1.807, 2.05) is 4.90 Å². The first-order chi connectivity index (χ1) is 14.4. The zero-order valence-corrected chi connectivity index (χ0v) is 17.3. The van der Waals surface area contributed by atoms with E-state index in [-0.39, 0.29) is 23.2 Å². The summed E-state index contributed by atoms with van der Waals surface area (Å²) in [5.41, 5.74) is 2.31. The van der Waals surface area contributed by atoms with Crippen molar-refractivity contribution in [3.05, 3.63) is 53.8 Å². The molecule has 9 heteroatoms. The summed E-state index contributed by atoms with van der Waals surface area (Å²) >= 11 is 0. The Morgan fingerprint density at radius 2 is 1.80 bits per heavy atom. The summed E-state index contributed by atoms with van der Waals surface area (Å²) in [5, 5.41) is 2.81. The fraction of sp³-hybridized carbons (Fsp3) is 0.381. The van der Waals surface area contributed by atoms with Gasteiger partial charge in [-0.25, -0.2) is 12.8 Å². The summed E-state index contributed by atoms with van der Waals surface area (Å²) in [5.74, 6) is -0.483. The Kier molecular flexibility index (Phi) is 6.03. The highest BCUT2D eigenvalue weighted by Crippen LogP contribution is 2.27. The molecule has 0 aliphatic carbocycles. The summed E-state index contributed by atoms with van der Waals surface area (Å²) in [6.07, 6.45) is 1.65. The van der Waals surface area contributed by atoms with Gasteiger partial charge in [0, 0.05) is 31.0 Å². The lowest BCUT2D eigenvalue weighted by Crippen LogP contribution is -2.40. The molecule has 2 aromatic rings. The van der Waals surface area contributed by atoms with Crippen LogP contribution in [0.25, 0.3) is 0 Å². The number of amides is 1. The minimum Gasteiger partial charge on any atom is -0.379 e. The van der Waals surface area contributed by atoms with Gasteiger partial charge in [-0.05, 0) is 60.9 Å². The molecule has 0 bridgehead atoms. The second-order valence-electron chi connectivity index (χ2n) is 7.39. The maximum absolute atomic E-state index is 13.5. The van der Waals surface area contributed by atoms with Gasteiger partial charge in [-0.2, -0.15) is 4.31 Å². The lowest BCUT2D eigenvalue weighted by atomic mass is 10.0. The van der Waals surface area contributed by atoms with Crippen LogP contribution in [0.15, 0.2) is 47.4 Å². The summed E-state index contributed by atoms with van der Waals surface area (Å²) in [7, 11) is -3.57. The minimum absolute atomic E-state index is 0.145. The number of carbonyl (C=O) groups excluding carboxylic acids is 1. The molecule has 0 saturated carbocycles. The van der Waals surface area contributed by atoms with E-state index in [4.69, 9.17) is 4.74 Å². The van der Waals surface area contributed by atoms with E-state index < -0.39 is 10.0 Å². The Morgan fingerprint density at radius 1 is 1.07 bits per heavy atom. The normalized spacial score (nSPS) is 17.4. The fourth-order valence-electron chi connectivity index (χ4n) is 3.83. The van der Waals surface area contributed by atoms with Crippen LogP contribution in [0.5, 0.6) is 0 Å². The molecule has 1 N–H and O–H groups in total. The van der Waals surface area contributed by atoms with E-state index in [1.54, 1.807) is 18.2 Å². The number of halogens is 1. The van der Waals surface area contributed by atoms with Crippen LogP contribution in [0.4, 0.5) is 15.8 Å². The first-order valence-electron chi connectivity index (χ1n) is 9.95. The summed E-state index contributed by atoms with van der Waals surface area (Å²) in [6, 6.07) is 10.8. The van der Waals surface area contributed by atoms with Gasteiger partial charge >= 0.3 is 0 Å². The number of nitrogens with one attached hydrogen (secondary N) is 1. The molecule has 1 saturated heterocycles. The van der Waals surface area contributed by atoms with Gasteiger partial charge in [0.05, 0.1) is 24.7 Å². The molecule has 0 aromatic heterocycles. The monoisotopic (exact) mass is 433 g/mol. The van der Waals surface area contributed by atoms with Gasteiger partial charge in [-0.15, -0.1) is 0 Å². The second kappa shape index (κ2) is 8.71. The molecule has 30 heavy (non-hydrogen) atoms. The number of hydrogen-bond donors (Lipinski definition) is 1. The molecule has 4 rings (SSSR count). The van der Waals surface area contributed by atoms with Crippen molar-refractivity contribution in [2.45, 2.75) is 17.7 Å². The lowest BCUT2D eigenvalue weighted by Gasteiger charge is -2.30. The molecule has 0 unspecified atom stereocenters. The highest BCUT2D eigenvalue weighted by Gasteiger charge is 2.26. The Hall–Kier alpha value is -2.49. The molecule has 1 fully saturated rings. The summed E-state index contributed by atoms with van der Waals surface area (Å²) < 4.78 is 45.4. The van der Waals surface area contributed by atoms with Crippen molar-refractivity contribution in [2.75, 3.05) is 49.6 Å². The molecule has 7 nitrogen and oxygen atoms in total. The van der Waals surface area contributed by atoms with E-state index in [2.05, 4.69) is 5.32 Å². The second-order valence-corrected chi connectivity index (χ2v) is 9.33. The average molecular weight is 434 g/mol. The van der Waals surface area contributed by atoms with Gasteiger partial charge in [0.25, 0.3) is 0 Å². The van der Waals surface area contributed by atoms with Crippen molar-refractivity contribution in [3.8, 4) is 0 Å². The Morgan fingerprint density at radius 3 is 2.53 bits per heavy atom. The number of nitrogens with zero attached hydrogens (tertiary/aromatic N) is 2. The topological polar surface area (TPSA) is 79.0 Å². The van der Waals surface area contributed by atoms with E-state index in [0.717, 1.165) is 30.6 Å². The lowest BCUT2D eigenvalue weighted by molar-refractivity contribution is -0.115. The van der Waals surface area contributed by atoms with Crippen LogP contribution in [0, 0.1) is 5.82 Å². The van der Waals surface area contributed by atoms with Crippen molar-refractivity contribution >= 4 is 27.3 Å². The number of aryl methyl sites for hydroxylation is 1. The molecule has 1 amide bonds. The first kappa shape index (κ1) is 20.8. The SMILES string of the molecule is O=C(CN1CCCc2cc(F)ccc21)Nc1ccc(S(=O)(=O)N2CCOCC2)cc1. The highest BCUT2D eigenvalue weighted by molar-refractivity contribution is 7.89. The predicted molar refractivity (Wildman–Crippen MR) is 112 cm³/mol. The van der Waals surface area contributed by atoms with Gasteiger partial charge in [0.2, 0.25) is 15.9 Å². The molecular formula is C21H24FN3O4S. The molecule has 2 aromatic carbocycles. The number of morpholine rings is 1. The quantitative estimate of drug-likeness (QED) is 0.783. The molecule has 2 heterocycles. The fourth-order valence-corrected chi connectivity index (χ4v) is 5.24. The van der Waals surface area contributed by atoms with Crippen LogP contribution < -0.4 is 10.2 Å². The smallest absolute Gasteiger partial charge is 0.243 e. The van der Waals surface area contributed by atoms with Crippen molar-refractivity contribution < 1.29 is 22.3 Å². The van der Waals surface area contributed by atoms with E-state index in [1.165, 1.54) is 28.6 Å².